The van der Waals surface area contributed by atoms with Crippen molar-refractivity contribution in [2.24, 2.45) is 0 Å². The summed E-state index contributed by atoms with van der Waals surface area (Å²) in [4.78, 5) is 10.4. The van der Waals surface area contributed by atoms with Gasteiger partial charge in [0.15, 0.2) is 0 Å². The van der Waals surface area contributed by atoms with Gasteiger partial charge in [0.1, 0.15) is 0 Å². The second-order valence-corrected chi connectivity index (χ2v) is 1.98. The van der Waals surface area contributed by atoms with Crippen LogP contribution in [-0.2, 0) is 0 Å². The summed E-state index contributed by atoms with van der Waals surface area (Å²) in [5.41, 5.74) is 0.541. The zero-order valence-electron chi connectivity index (χ0n) is 6.71. The molecule has 0 unspecified atom stereocenters. The number of carbonyl (C=O) groups excluding carboxylic acids is 1. The van der Waals surface area contributed by atoms with Gasteiger partial charge in [0, 0.05) is 5.56 Å². The van der Waals surface area contributed by atoms with Crippen molar-refractivity contribution < 1.29 is 4.79 Å². The predicted octanol–water partition coefficient (Wildman–Crippen LogP) is 4.17. The average Bonchev–Trinajstić information content (AvgIpc) is 1.90. The van der Waals surface area contributed by atoms with Crippen molar-refractivity contribution in [1.29, 1.82) is 0 Å². The topological polar surface area (TPSA) is 17.1 Å². The molecule has 0 saturated carbocycles. The van der Waals surface area contributed by atoms with Crippen LogP contribution >= 0.6 is 73.6 Å². The monoisotopic (exact) mass is 320 g/mol. The highest BCUT2D eigenvalue weighted by molar-refractivity contribution is 6.67. The van der Waals surface area contributed by atoms with E-state index in [0.29, 0.717) is 5.56 Å². The molecule has 0 fully saturated rings. The lowest BCUT2D eigenvalue weighted by atomic mass is 10.2. The Labute approximate surface area is 119 Å². The second-order valence-electron chi connectivity index (χ2n) is 1.64. The summed E-state index contributed by atoms with van der Waals surface area (Å²) in [5, 5.41) is -0.407. The van der Waals surface area contributed by atoms with Gasteiger partial charge in [-0.05, 0) is 11.6 Å². The summed E-state index contributed by atoms with van der Waals surface area (Å²) in [7, 11) is 0. The van der Waals surface area contributed by atoms with Crippen molar-refractivity contribution >= 4 is 78.9 Å². The molecule has 0 saturated heterocycles. The van der Waals surface area contributed by atoms with Crippen LogP contribution in [0.1, 0.15) is 10.4 Å². The molecule has 0 heterocycles. The van der Waals surface area contributed by atoms with Gasteiger partial charge in [-0.15, -0.1) is 62.0 Å². The van der Waals surface area contributed by atoms with E-state index in [2.05, 4.69) is 0 Å². The minimum Gasteiger partial charge on any atom is -0.276 e. The SMILES string of the molecule is Cl.Cl.Cl.Cl.Cl.O=C(Cl)c1ccccc1. The molecular formula is C7H10Cl6O. The minimum atomic E-state index is -0.407. The van der Waals surface area contributed by atoms with Crippen molar-refractivity contribution in [2.45, 2.75) is 0 Å². The molecule has 86 valence electrons. The van der Waals surface area contributed by atoms with E-state index < -0.39 is 5.24 Å². The molecule has 0 aliphatic rings. The standard InChI is InChI=1S/C7H5ClO.5ClH/c8-7(9)6-4-2-1-3-5-6;;;;;/h1-5H;5*1H. The van der Waals surface area contributed by atoms with E-state index in [1.807, 2.05) is 6.07 Å². The van der Waals surface area contributed by atoms with Crippen molar-refractivity contribution in [3.8, 4) is 0 Å². The Morgan fingerprint density at radius 2 is 1.21 bits per heavy atom. The van der Waals surface area contributed by atoms with Gasteiger partial charge in [0.2, 0.25) is 0 Å². The van der Waals surface area contributed by atoms with Crippen LogP contribution in [0.4, 0.5) is 0 Å². The van der Waals surface area contributed by atoms with Crippen molar-refractivity contribution in [2.75, 3.05) is 0 Å². The van der Waals surface area contributed by atoms with Crippen LogP contribution < -0.4 is 0 Å². The Kier molecular flexibility index (Phi) is 33.7. The van der Waals surface area contributed by atoms with E-state index in [-0.39, 0.29) is 62.0 Å². The third kappa shape index (κ3) is 10.7. The van der Waals surface area contributed by atoms with Crippen molar-refractivity contribution in [1.82, 2.24) is 0 Å². The van der Waals surface area contributed by atoms with Crippen LogP contribution in [0.5, 0.6) is 0 Å². The molecule has 14 heavy (non-hydrogen) atoms. The largest absolute Gasteiger partial charge is 0.276 e. The lowest BCUT2D eigenvalue weighted by molar-refractivity contribution is 0.108. The number of hydrogen-bond acceptors (Lipinski definition) is 1. The van der Waals surface area contributed by atoms with Gasteiger partial charge in [-0.1, -0.05) is 30.3 Å². The van der Waals surface area contributed by atoms with Gasteiger partial charge in [0.05, 0.1) is 0 Å². The first-order valence-electron chi connectivity index (χ1n) is 2.55. The van der Waals surface area contributed by atoms with E-state index in [4.69, 9.17) is 11.6 Å². The summed E-state index contributed by atoms with van der Waals surface area (Å²) in [6.45, 7) is 0. The van der Waals surface area contributed by atoms with Crippen LogP contribution in [0.15, 0.2) is 30.3 Å². The predicted molar refractivity (Wildman–Crippen MR) is 72.9 cm³/mol. The molecule has 0 aliphatic heterocycles. The van der Waals surface area contributed by atoms with E-state index in [0.717, 1.165) is 0 Å². The number of hydrogen-bond donors (Lipinski definition) is 0. The highest BCUT2D eigenvalue weighted by atomic mass is 35.5. The zero-order chi connectivity index (χ0) is 6.69. The maximum absolute atomic E-state index is 10.4. The van der Waals surface area contributed by atoms with Crippen LogP contribution in [0.25, 0.3) is 0 Å². The maximum atomic E-state index is 10.4. The lowest BCUT2D eigenvalue weighted by Gasteiger charge is -1.87. The van der Waals surface area contributed by atoms with Gasteiger partial charge >= 0.3 is 0 Å². The fraction of sp³-hybridized carbons (Fsp3) is 0. The molecule has 0 N–H and O–H groups in total. The maximum Gasteiger partial charge on any atom is 0.252 e. The van der Waals surface area contributed by atoms with Gasteiger partial charge in [0.25, 0.3) is 5.24 Å². The first-order valence-corrected chi connectivity index (χ1v) is 2.93. The van der Waals surface area contributed by atoms with Crippen LogP contribution in [-0.4, -0.2) is 5.24 Å². The van der Waals surface area contributed by atoms with E-state index in [1.54, 1.807) is 24.3 Å². The molecule has 7 heteroatoms. The highest BCUT2D eigenvalue weighted by Gasteiger charge is 1.95. The number of rotatable bonds is 1. The number of carbonyl (C=O) groups is 1. The average molecular weight is 323 g/mol. The molecule has 1 aromatic rings. The molecule has 0 bridgehead atoms. The molecular weight excluding hydrogens is 313 g/mol. The quantitative estimate of drug-likeness (QED) is 0.709. The lowest BCUT2D eigenvalue weighted by Crippen LogP contribution is -1.84. The van der Waals surface area contributed by atoms with Gasteiger partial charge < -0.3 is 0 Å². The summed E-state index contributed by atoms with van der Waals surface area (Å²) in [6, 6.07) is 8.74. The van der Waals surface area contributed by atoms with Crippen LogP contribution in [0.2, 0.25) is 0 Å². The summed E-state index contributed by atoms with van der Waals surface area (Å²) >= 11 is 5.16. The Balaban J connectivity index is -0.0000000540. The molecule has 0 spiro atoms. The molecule has 0 aliphatic carbocycles. The molecule has 0 atom stereocenters. The molecule has 1 nitrogen and oxygen atoms in total. The molecule has 0 radical (unpaired) electrons. The summed E-state index contributed by atoms with van der Waals surface area (Å²) in [6.07, 6.45) is 0. The highest BCUT2D eigenvalue weighted by Crippen LogP contribution is 2.01. The third-order valence-electron chi connectivity index (χ3n) is 1.00. The number of benzene rings is 1. The molecule has 1 aromatic carbocycles. The summed E-state index contributed by atoms with van der Waals surface area (Å²) in [5.74, 6) is 0. The van der Waals surface area contributed by atoms with Crippen molar-refractivity contribution in [3.63, 3.8) is 0 Å². The Hall–Kier alpha value is 0.630. The van der Waals surface area contributed by atoms with Gasteiger partial charge in [-0.25, -0.2) is 0 Å². The fourth-order valence-corrected chi connectivity index (χ4v) is 0.695. The second kappa shape index (κ2) is 16.1. The first kappa shape index (κ1) is 29.3. The summed E-state index contributed by atoms with van der Waals surface area (Å²) < 4.78 is 0. The zero-order valence-corrected chi connectivity index (χ0v) is 11.6. The first-order chi connectivity index (χ1) is 4.30. The van der Waals surface area contributed by atoms with Crippen LogP contribution in [0, 0.1) is 0 Å². The van der Waals surface area contributed by atoms with E-state index in [1.165, 1.54) is 0 Å². The smallest absolute Gasteiger partial charge is 0.252 e. The minimum absolute atomic E-state index is 0. The van der Waals surface area contributed by atoms with E-state index in [9.17, 15) is 4.79 Å². The molecule has 0 amide bonds. The van der Waals surface area contributed by atoms with Gasteiger partial charge in [-0.2, -0.15) is 0 Å². The Morgan fingerprint density at radius 1 is 0.857 bits per heavy atom. The Bertz CT molecular complexity index is 215. The normalized spacial score (nSPS) is 5.79. The Morgan fingerprint density at radius 3 is 1.43 bits per heavy atom. The fourth-order valence-electron chi connectivity index (χ4n) is 0.569. The van der Waals surface area contributed by atoms with Crippen molar-refractivity contribution in [3.05, 3.63) is 35.9 Å². The van der Waals surface area contributed by atoms with Gasteiger partial charge in [-0.3, -0.25) is 4.79 Å². The molecule has 0 aromatic heterocycles. The third-order valence-corrected chi connectivity index (χ3v) is 1.22. The number of halogens is 6. The molecule has 1 rings (SSSR count). The van der Waals surface area contributed by atoms with E-state index >= 15 is 0 Å². The van der Waals surface area contributed by atoms with Crippen LogP contribution in [0.3, 0.4) is 0 Å².